The van der Waals surface area contributed by atoms with Gasteiger partial charge in [0.2, 0.25) is 0 Å². The van der Waals surface area contributed by atoms with Crippen LogP contribution in [0.15, 0.2) is 12.2 Å². The predicted octanol–water partition coefficient (Wildman–Crippen LogP) is 7.51. The second-order valence-electron chi connectivity index (χ2n) is 9.98. The maximum atomic E-state index is 14.8. The second-order valence-corrected chi connectivity index (χ2v) is 9.98. The zero-order valence-electron chi connectivity index (χ0n) is 18.8. The molecule has 2 nitrogen and oxygen atoms in total. The molecule has 2 saturated carbocycles. The Labute approximate surface area is 177 Å². The topological polar surface area (TPSA) is 29.5 Å². The SMILES string of the molecule is C=C(C)CC(CO)CC1CCC(C(F)(F)OC2CCC(CCCCC)CC2)CC1. The van der Waals surface area contributed by atoms with Gasteiger partial charge >= 0.3 is 6.11 Å². The molecular formula is C25H44F2O2. The molecule has 0 aromatic carbocycles. The van der Waals surface area contributed by atoms with Crippen LogP contribution in [0.3, 0.4) is 0 Å². The lowest BCUT2D eigenvalue weighted by Gasteiger charge is -2.37. The van der Waals surface area contributed by atoms with Crippen LogP contribution in [0.4, 0.5) is 8.78 Å². The largest absolute Gasteiger partial charge is 0.396 e. The van der Waals surface area contributed by atoms with Crippen molar-refractivity contribution in [3.8, 4) is 0 Å². The molecule has 0 amide bonds. The summed E-state index contributed by atoms with van der Waals surface area (Å²) in [5.74, 6) is 0.731. The molecule has 0 heterocycles. The first-order valence-electron chi connectivity index (χ1n) is 12.1. The molecule has 0 bridgehead atoms. The first-order valence-corrected chi connectivity index (χ1v) is 12.1. The summed E-state index contributed by atoms with van der Waals surface area (Å²) in [4.78, 5) is 0. The Morgan fingerprint density at radius 3 is 2.21 bits per heavy atom. The average molecular weight is 415 g/mol. The first kappa shape index (κ1) is 24.8. The van der Waals surface area contributed by atoms with Crippen LogP contribution in [-0.4, -0.2) is 23.9 Å². The molecule has 170 valence electrons. The van der Waals surface area contributed by atoms with Crippen molar-refractivity contribution in [2.75, 3.05) is 6.61 Å². The number of hydrogen-bond acceptors (Lipinski definition) is 2. The predicted molar refractivity (Wildman–Crippen MR) is 116 cm³/mol. The van der Waals surface area contributed by atoms with Gasteiger partial charge in [-0.2, -0.15) is 8.78 Å². The number of alkyl halides is 2. The molecule has 2 aliphatic rings. The van der Waals surface area contributed by atoms with Crippen LogP contribution in [-0.2, 0) is 4.74 Å². The van der Waals surface area contributed by atoms with Crippen LogP contribution < -0.4 is 0 Å². The molecule has 0 aliphatic heterocycles. The maximum absolute atomic E-state index is 14.8. The van der Waals surface area contributed by atoms with Crippen molar-refractivity contribution in [2.24, 2.45) is 23.7 Å². The van der Waals surface area contributed by atoms with Gasteiger partial charge in [0, 0.05) is 6.61 Å². The number of allylic oxidation sites excluding steroid dienone is 1. The fourth-order valence-corrected chi connectivity index (χ4v) is 5.46. The Kier molecular flexibility index (Phi) is 10.6. The molecule has 0 aromatic rings. The van der Waals surface area contributed by atoms with E-state index < -0.39 is 12.0 Å². The third kappa shape index (κ3) is 8.65. The minimum Gasteiger partial charge on any atom is -0.396 e. The van der Waals surface area contributed by atoms with Crippen molar-refractivity contribution in [1.82, 2.24) is 0 Å². The van der Waals surface area contributed by atoms with E-state index in [1.54, 1.807) is 0 Å². The Bertz CT molecular complexity index is 463. The zero-order valence-corrected chi connectivity index (χ0v) is 18.8. The molecule has 0 spiro atoms. The fourth-order valence-electron chi connectivity index (χ4n) is 5.46. The van der Waals surface area contributed by atoms with Gasteiger partial charge in [0.15, 0.2) is 0 Å². The number of halogens is 2. The molecule has 1 unspecified atom stereocenters. The highest BCUT2D eigenvalue weighted by Gasteiger charge is 2.44. The lowest BCUT2D eigenvalue weighted by Crippen LogP contribution is -2.39. The molecule has 2 aliphatic carbocycles. The van der Waals surface area contributed by atoms with Gasteiger partial charge in [0.25, 0.3) is 0 Å². The molecular weight excluding hydrogens is 370 g/mol. The van der Waals surface area contributed by atoms with E-state index in [0.717, 1.165) is 56.9 Å². The van der Waals surface area contributed by atoms with Crippen molar-refractivity contribution in [2.45, 2.75) is 116 Å². The van der Waals surface area contributed by atoms with Crippen LogP contribution in [0.5, 0.6) is 0 Å². The highest BCUT2D eigenvalue weighted by molar-refractivity contribution is 4.91. The molecule has 29 heavy (non-hydrogen) atoms. The number of aliphatic hydroxyl groups is 1. The van der Waals surface area contributed by atoms with E-state index in [2.05, 4.69) is 13.5 Å². The molecule has 1 atom stereocenters. The maximum Gasteiger partial charge on any atom is 0.358 e. The van der Waals surface area contributed by atoms with Crippen LogP contribution in [0, 0.1) is 23.7 Å². The van der Waals surface area contributed by atoms with Gasteiger partial charge in [-0.25, -0.2) is 0 Å². The third-order valence-electron chi connectivity index (χ3n) is 7.22. The highest BCUT2D eigenvalue weighted by atomic mass is 19.3. The first-order chi connectivity index (χ1) is 13.8. The van der Waals surface area contributed by atoms with Gasteiger partial charge in [-0.15, -0.1) is 6.58 Å². The molecule has 1 N–H and O–H groups in total. The molecule has 0 aromatic heterocycles. The number of rotatable bonds is 12. The van der Waals surface area contributed by atoms with Crippen LogP contribution in [0.2, 0.25) is 0 Å². The number of unbranched alkanes of at least 4 members (excludes halogenated alkanes) is 2. The van der Waals surface area contributed by atoms with E-state index in [1.165, 1.54) is 25.7 Å². The Morgan fingerprint density at radius 1 is 1.03 bits per heavy atom. The van der Waals surface area contributed by atoms with E-state index in [0.29, 0.717) is 24.7 Å². The zero-order chi connectivity index (χ0) is 21.3. The summed E-state index contributed by atoms with van der Waals surface area (Å²) in [5.41, 5.74) is 1.08. The van der Waals surface area contributed by atoms with E-state index in [1.807, 2.05) is 6.92 Å². The van der Waals surface area contributed by atoms with E-state index in [9.17, 15) is 13.9 Å². The Morgan fingerprint density at radius 2 is 1.66 bits per heavy atom. The van der Waals surface area contributed by atoms with Crippen molar-refractivity contribution in [3.05, 3.63) is 12.2 Å². The van der Waals surface area contributed by atoms with Gasteiger partial charge in [-0.3, -0.25) is 0 Å². The molecule has 4 heteroatoms. The summed E-state index contributed by atoms with van der Waals surface area (Å²) in [6.45, 7) is 8.29. The van der Waals surface area contributed by atoms with Crippen molar-refractivity contribution >= 4 is 0 Å². The van der Waals surface area contributed by atoms with Crippen LogP contribution in [0.1, 0.15) is 104 Å². The smallest absolute Gasteiger partial charge is 0.358 e. The molecule has 0 radical (unpaired) electrons. The minimum absolute atomic E-state index is 0.160. The standard InChI is InChI=1S/C25H44F2O2/c1-4-5-6-7-20-10-14-24(15-11-20)29-25(26,27)23-12-8-21(9-13-23)17-22(18-28)16-19(2)3/h20-24,28H,2,4-18H2,1,3H3. The summed E-state index contributed by atoms with van der Waals surface area (Å²) >= 11 is 0. The summed E-state index contributed by atoms with van der Waals surface area (Å²) in [6.07, 6.45) is 9.93. The Hall–Kier alpha value is -0.480. The summed E-state index contributed by atoms with van der Waals surface area (Å²) in [7, 11) is 0. The van der Waals surface area contributed by atoms with E-state index in [-0.39, 0.29) is 18.6 Å². The lowest BCUT2D eigenvalue weighted by atomic mass is 9.76. The van der Waals surface area contributed by atoms with E-state index >= 15 is 0 Å². The van der Waals surface area contributed by atoms with Gasteiger partial charge in [0.05, 0.1) is 12.0 Å². The van der Waals surface area contributed by atoms with Gasteiger partial charge in [0.1, 0.15) is 0 Å². The van der Waals surface area contributed by atoms with Crippen LogP contribution in [0.25, 0.3) is 0 Å². The highest BCUT2D eigenvalue weighted by Crippen LogP contribution is 2.43. The lowest BCUT2D eigenvalue weighted by molar-refractivity contribution is -0.302. The normalized spacial score (nSPS) is 29.6. The van der Waals surface area contributed by atoms with Crippen molar-refractivity contribution in [1.29, 1.82) is 0 Å². The summed E-state index contributed by atoms with van der Waals surface area (Å²) < 4.78 is 35.0. The van der Waals surface area contributed by atoms with Gasteiger partial charge < -0.3 is 9.84 Å². The number of aliphatic hydroxyl groups excluding tert-OH is 1. The Balaban J connectivity index is 1.71. The van der Waals surface area contributed by atoms with Crippen LogP contribution >= 0.6 is 0 Å². The van der Waals surface area contributed by atoms with E-state index in [4.69, 9.17) is 4.74 Å². The molecule has 0 saturated heterocycles. The van der Waals surface area contributed by atoms with Gasteiger partial charge in [-0.05, 0) is 88.9 Å². The summed E-state index contributed by atoms with van der Waals surface area (Å²) in [5, 5.41) is 9.57. The minimum atomic E-state index is -2.99. The molecule has 2 fully saturated rings. The summed E-state index contributed by atoms with van der Waals surface area (Å²) in [6, 6.07) is 0. The molecule has 2 rings (SSSR count). The quantitative estimate of drug-likeness (QED) is 0.264. The average Bonchev–Trinajstić information content (AvgIpc) is 2.69. The third-order valence-corrected chi connectivity index (χ3v) is 7.22. The number of hydrogen-bond donors (Lipinski definition) is 1. The number of ether oxygens (including phenoxy) is 1. The van der Waals surface area contributed by atoms with Crippen molar-refractivity contribution < 1.29 is 18.6 Å². The van der Waals surface area contributed by atoms with Gasteiger partial charge in [-0.1, -0.05) is 38.2 Å². The second kappa shape index (κ2) is 12.4. The van der Waals surface area contributed by atoms with Crippen molar-refractivity contribution in [3.63, 3.8) is 0 Å². The fraction of sp³-hybridized carbons (Fsp3) is 0.920. The monoisotopic (exact) mass is 414 g/mol.